The van der Waals surface area contributed by atoms with Crippen molar-refractivity contribution in [3.8, 4) is 0 Å². The van der Waals surface area contributed by atoms with E-state index in [1.807, 2.05) is 12.1 Å². The predicted octanol–water partition coefficient (Wildman–Crippen LogP) is 1.92. The normalized spacial score (nSPS) is 13.8. The van der Waals surface area contributed by atoms with E-state index >= 15 is 0 Å². The first-order valence-electron chi connectivity index (χ1n) is 7.16. The van der Waals surface area contributed by atoms with E-state index in [4.69, 9.17) is 4.42 Å². The Bertz CT molecular complexity index is 385. The van der Waals surface area contributed by atoms with Gasteiger partial charge < -0.3 is 20.0 Å². The molecule has 0 aliphatic carbocycles. The molecule has 2 N–H and O–H groups in total. The van der Waals surface area contributed by atoms with Crippen molar-refractivity contribution in [2.75, 3.05) is 27.7 Å². The number of hydrogen-bond acceptors (Lipinski definition) is 3. The first kappa shape index (κ1) is 16.6. The van der Waals surface area contributed by atoms with Crippen molar-refractivity contribution in [1.29, 1.82) is 0 Å². The molecule has 1 aromatic heterocycles. The van der Waals surface area contributed by atoms with Crippen LogP contribution in [0, 0.1) is 5.92 Å². The zero-order chi connectivity index (χ0) is 15.0. The zero-order valence-electron chi connectivity index (χ0n) is 13.3. The van der Waals surface area contributed by atoms with Crippen molar-refractivity contribution in [2.45, 2.75) is 32.9 Å². The minimum Gasteiger partial charge on any atom is -0.467 e. The van der Waals surface area contributed by atoms with Gasteiger partial charge in [0, 0.05) is 19.6 Å². The van der Waals surface area contributed by atoms with Crippen molar-refractivity contribution in [3.63, 3.8) is 0 Å². The summed E-state index contributed by atoms with van der Waals surface area (Å²) in [7, 11) is 6.02. The van der Waals surface area contributed by atoms with Gasteiger partial charge in [-0.3, -0.25) is 4.99 Å². The Hall–Kier alpha value is -1.49. The van der Waals surface area contributed by atoms with Crippen LogP contribution in [0.4, 0.5) is 0 Å². The average molecular weight is 280 g/mol. The van der Waals surface area contributed by atoms with E-state index in [9.17, 15) is 0 Å². The highest BCUT2D eigenvalue weighted by molar-refractivity contribution is 5.79. The molecule has 114 valence electrons. The Morgan fingerprint density at radius 3 is 2.60 bits per heavy atom. The first-order valence-corrected chi connectivity index (χ1v) is 7.16. The molecule has 0 aromatic carbocycles. The Labute approximate surface area is 122 Å². The van der Waals surface area contributed by atoms with Gasteiger partial charge in [-0.15, -0.1) is 0 Å². The van der Waals surface area contributed by atoms with Crippen molar-refractivity contribution < 1.29 is 4.42 Å². The summed E-state index contributed by atoms with van der Waals surface area (Å²) in [6.07, 6.45) is 2.84. The summed E-state index contributed by atoms with van der Waals surface area (Å²) in [6, 6.07) is 4.33. The standard InChI is InChI=1S/C15H28N4O/c1-12(2)9-13(19(4)5)10-17-15(16-3)18-11-14-7-6-8-20-14/h6-8,12-13H,9-11H2,1-5H3,(H2,16,17,18). The fourth-order valence-electron chi connectivity index (χ4n) is 2.04. The Kier molecular flexibility index (Phi) is 7.15. The van der Waals surface area contributed by atoms with Crippen LogP contribution < -0.4 is 10.6 Å². The lowest BCUT2D eigenvalue weighted by atomic mass is 10.0. The maximum Gasteiger partial charge on any atom is 0.191 e. The summed E-state index contributed by atoms with van der Waals surface area (Å²) < 4.78 is 5.29. The Balaban J connectivity index is 2.39. The van der Waals surface area contributed by atoms with Crippen molar-refractivity contribution >= 4 is 5.96 Å². The minimum absolute atomic E-state index is 0.497. The highest BCUT2D eigenvalue weighted by Crippen LogP contribution is 2.08. The van der Waals surface area contributed by atoms with Crippen LogP contribution in [-0.2, 0) is 6.54 Å². The second kappa shape index (κ2) is 8.64. The lowest BCUT2D eigenvalue weighted by Gasteiger charge is -2.27. The van der Waals surface area contributed by atoms with Gasteiger partial charge in [0.1, 0.15) is 5.76 Å². The minimum atomic E-state index is 0.497. The van der Waals surface area contributed by atoms with Crippen LogP contribution in [0.15, 0.2) is 27.8 Å². The number of rotatable bonds is 7. The first-order chi connectivity index (χ1) is 9.52. The number of nitrogens with zero attached hydrogens (tertiary/aromatic N) is 2. The van der Waals surface area contributed by atoms with Gasteiger partial charge in [-0.2, -0.15) is 0 Å². The highest BCUT2D eigenvalue weighted by atomic mass is 16.3. The van der Waals surface area contributed by atoms with Crippen LogP contribution in [-0.4, -0.2) is 44.6 Å². The van der Waals surface area contributed by atoms with Crippen LogP contribution >= 0.6 is 0 Å². The average Bonchev–Trinajstić information content (AvgIpc) is 2.89. The molecule has 0 aliphatic rings. The summed E-state index contributed by atoms with van der Waals surface area (Å²) in [5.74, 6) is 2.39. The highest BCUT2D eigenvalue weighted by Gasteiger charge is 2.13. The maximum absolute atomic E-state index is 5.29. The molecule has 0 saturated heterocycles. The van der Waals surface area contributed by atoms with Gasteiger partial charge in [-0.05, 0) is 38.6 Å². The van der Waals surface area contributed by atoms with Crippen LogP contribution in [0.5, 0.6) is 0 Å². The summed E-state index contributed by atoms with van der Waals surface area (Å²) in [5, 5.41) is 6.62. The van der Waals surface area contributed by atoms with Crippen LogP contribution in [0.2, 0.25) is 0 Å². The van der Waals surface area contributed by atoms with E-state index in [1.54, 1.807) is 13.3 Å². The quantitative estimate of drug-likeness (QED) is 0.592. The molecule has 5 heteroatoms. The molecule has 0 spiro atoms. The van der Waals surface area contributed by atoms with E-state index in [2.05, 4.69) is 48.5 Å². The van der Waals surface area contributed by atoms with Crippen molar-refractivity contribution in [3.05, 3.63) is 24.2 Å². The number of nitrogens with one attached hydrogen (secondary N) is 2. The zero-order valence-corrected chi connectivity index (χ0v) is 13.3. The van der Waals surface area contributed by atoms with Crippen LogP contribution in [0.1, 0.15) is 26.0 Å². The molecule has 1 atom stereocenters. The molecule has 0 bridgehead atoms. The molecule has 0 amide bonds. The third-order valence-corrected chi connectivity index (χ3v) is 3.21. The summed E-state index contributed by atoms with van der Waals surface area (Å²) in [4.78, 5) is 6.49. The number of hydrogen-bond donors (Lipinski definition) is 2. The number of guanidine groups is 1. The van der Waals surface area contributed by atoms with E-state index in [1.165, 1.54) is 0 Å². The van der Waals surface area contributed by atoms with Gasteiger partial charge in [0.05, 0.1) is 12.8 Å². The van der Waals surface area contributed by atoms with E-state index < -0.39 is 0 Å². The van der Waals surface area contributed by atoms with Crippen LogP contribution in [0.25, 0.3) is 0 Å². The molecule has 0 radical (unpaired) electrons. The van der Waals surface area contributed by atoms with E-state index in [0.29, 0.717) is 18.5 Å². The third-order valence-electron chi connectivity index (χ3n) is 3.21. The summed E-state index contributed by atoms with van der Waals surface area (Å²) >= 11 is 0. The fraction of sp³-hybridized carbons (Fsp3) is 0.667. The molecule has 5 nitrogen and oxygen atoms in total. The molecule has 1 rings (SSSR count). The van der Waals surface area contributed by atoms with Gasteiger partial charge in [0.25, 0.3) is 0 Å². The molecular formula is C15H28N4O. The molecule has 20 heavy (non-hydrogen) atoms. The summed E-state index contributed by atoms with van der Waals surface area (Å²) in [5.41, 5.74) is 0. The Morgan fingerprint density at radius 1 is 1.35 bits per heavy atom. The maximum atomic E-state index is 5.29. The van der Waals surface area contributed by atoms with Crippen LogP contribution in [0.3, 0.4) is 0 Å². The van der Waals surface area contributed by atoms with Gasteiger partial charge >= 0.3 is 0 Å². The topological polar surface area (TPSA) is 52.8 Å². The lowest BCUT2D eigenvalue weighted by molar-refractivity contribution is 0.254. The summed E-state index contributed by atoms with van der Waals surface area (Å²) in [6.45, 7) is 6.02. The van der Waals surface area contributed by atoms with Crippen molar-refractivity contribution in [1.82, 2.24) is 15.5 Å². The largest absolute Gasteiger partial charge is 0.467 e. The molecular weight excluding hydrogens is 252 g/mol. The molecule has 0 aliphatic heterocycles. The number of aliphatic imine (C=N–C) groups is 1. The van der Waals surface area contributed by atoms with Crippen molar-refractivity contribution in [2.24, 2.45) is 10.9 Å². The van der Waals surface area contributed by atoms with Gasteiger partial charge in [0.2, 0.25) is 0 Å². The molecule has 0 saturated carbocycles. The number of likely N-dealkylation sites (N-methyl/N-ethyl adjacent to an activating group) is 1. The fourth-order valence-corrected chi connectivity index (χ4v) is 2.04. The second-order valence-corrected chi connectivity index (χ2v) is 5.63. The van der Waals surface area contributed by atoms with Gasteiger partial charge in [0.15, 0.2) is 5.96 Å². The smallest absolute Gasteiger partial charge is 0.191 e. The molecule has 0 fully saturated rings. The molecule has 1 aromatic rings. The second-order valence-electron chi connectivity index (χ2n) is 5.63. The monoisotopic (exact) mass is 280 g/mol. The molecule has 1 unspecified atom stereocenters. The third kappa shape index (κ3) is 6.10. The van der Waals surface area contributed by atoms with E-state index in [0.717, 1.165) is 24.7 Å². The predicted molar refractivity (Wildman–Crippen MR) is 83.8 cm³/mol. The number of furan rings is 1. The SMILES string of the molecule is CN=C(NCc1ccco1)NCC(CC(C)C)N(C)C. The van der Waals surface area contributed by atoms with Gasteiger partial charge in [-0.25, -0.2) is 0 Å². The van der Waals surface area contributed by atoms with Gasteiger partial charge in [-0.1, -0.05) is 13.8 Å². The molecule has 1 heterocycles. The van der Waals surface area contributed by atoms with E-state index in [-0.39, 0.29) is 0 Å². The Morgan fingerprint density at radius 2 is 2.10 bits per heavy atom. The lowest BCUT2D eigenvalue weighted by Crippen LogP contribution is -2.45.